The standard InChI is InChI=1S/C23H35N3O2/c1-14(25-26-24)19-7-8-20-18-6-5-16-13-17(28-15(2)27)9-11-22(16,3)21(18)10-12-23(19,20)4/h5,14,17-21H,6-13H2,1-4H3/t14-,17-,18-,19+,20-,21-,22-,23+/m0/s1. The average Bonchev–Trinajstić information content (AvgIpc) is 2.99. The summed E-state index contributed by atoms with van der Waals surface area (Å²) in [5.41, 5.74) is 11.1. The van der Waals surface area contributed by atoms with E-state index in [2.05, 4.69) is 36.9 Å². The van der Waals surface area contributed by atoms with Crippen LogP contribution in [-0.4, -0.2) is 18.1 Å². The molecule has 0 aromatic carbocycles. The van der Waals surface area contributed by atoms with Crippen molar-refractivity contribution in [2.45, 2.75) is 91.2 Å². The van der Waals surface area contributed by atoms with Crippen LogP contribution in [0.5, 0.6) is 0 Å². The van der Waals surface area contributed by atoms with Crippen molar-refractivity contribution < 1.29 is 9.53 Å². The van der Waals surface area contributed by atoms with Crippen LogP contribution in [0.4, 0.5) is 0 Å². The number of ether oxygens (including phenoxy) is 1. The maximum atomic E-state index is 11.4. The lowest BCUT2D eigenvalue weighted by Gasteiger charge is -2.58. The number of esters is 1. The largest absolute Gasteiger partial charge is 0.462 e. The number of allylic oxidation sites excluding steroid dienone is 1. The molecule has 0 aromatic heterocycles. The van der Waals surface area contributed by atoms with E-state index < -0.39 is 0 Å². The van der Waals surface area contributed by atoms with Crippen LogP contribution in [0.2, 0.25) is 0 Å². The average molecular weight is 386 g/mol. The lowest BCUT2D eigenvalue weighted by Crippen LogP contribution is -2.51. The van der Waals surface area contributed by atoms with Gasteiger partial charge in [0.15, 0.2) is 0 Å². The normalized spacial score (nSPS) is 45.6. The molecule has 5 nitrogen and oxygen atoms in total. The topological polar surface area (TPSA) is 75.1 Å². The van der Waals surface area contributed by atoms with E-state index in [0.29, 0.717) is 11.3 Å². The summed E-state index contributed by atoms with van der Waals surface area (Å²) < 4.78 is 5.55. The molecule has 0 bridgehead atoms. The Labute approximate surface area is 168 Å². The third-order valence-electron chi connectivity index (χ3n) is 9.28. The van der Waals surface area contributed by atoms with Gasteiger partial charge in [0.1, 0.15) is 6.10 Å². The SMILES string of the molecule is CC(=O)O[C@H]1CC[C@@]2(C)C(=CC[C@H]3[C@@H]4CC[C@H]([C@H](C)N=[N+]=[N-])[C@@]4(C)CC[C@@H]32)C1. The maximum Gasteiger partial charge on any atom is 0.302 e. The van der Waals surface area contributed by atoms with Gasteiger partial charge >= 0.3 is 5.97 Å². The Balaban J connectivity index is 1.57. The predicted molar refractivity (Wildman–Crippen MR) is 109 cm³/mol. The van der Waals surface area contributed by atoms with Crippen LogP contribution in [0, 0.1) is 34.5 Å². The van der Waals surface area contributed by atoms with Crippen molar-refractivity contribution in [3.8, 4) is 0 Å². The number of fused-ring (bicyclic) bond motifs is 5. The summed E-state index contributed by atoms with van der Waals surface area (Å²) >= 11 is 0. The molecular weight excluding hydrogens is 350 g/mol. The van der Waals surface area contributed by atoms with Crippen LogP contribution in [0.3, 0.4) is 0 Å². The van der Waals surface area contributed by atoms with Crippen LogP contribution in [-0.2, 0) is 9.53 Å². The summed E-state index contributed by atoms with van der Waals surface area (Å²) in [4.78, 5) is 14.5. The zero-order valence-corrected chi connectivity index (χ0v) is 17.9. The van der Waals surface area contributed by atoms with E-state index in [1.165, 1.54) is 39.0 Å². The van der Waals surface area contributed by atoms with Gasteiger partial charge in [0, 0.05) is 24.3 Å². The number of nitrogens with zero attached hydrogens (tertiary/aromatic N) is 3. The first-order valence-corrected chi connectivity index (χ1v) is 11.2. The molecule has 0 spiro atoms. The molecule has 5 heteroatoms. The molecule has 4 aliphatic carbocycles. The number of rotatable bonds is 3. The first-order chi connectivity index (χ1) is 13.3. The van der Waals surface area contributed by atoms with Gasteiger partial charge < -0.3 is 4.74 Å². The van der Waals surface area contributed by atoms with Crippen molar-refractivity contribution in [3.63, 3.8) is 0 Å². The lowest BCUT2D eigenvalue weighted by atomic mass is 9.47. The van der Waals surface area contributed by atoms with E-state index in [1.54, 1.807) is 5.57 Å². The van der Waals surface area contributed by atoms with Crippen molar-refractivity contribution in [1.82, 2.24) is 0 Å². The highest BCUT2D eigenvalue weighted by atomic mass is 16.5. The highest BCUT2D eigenvalue weighted by Crippen LogP contribution is 2.66. The molecule has 0 aromatic rings. The van der Waals surface area contributed by atoms with E-state index in [-0.39, 0.29) is 23.5 Å². The van der Waals surface area contributed by atoms with E-state index in [9.17, 15) is 4.79 Å². The maximum absolute atomic E-state index is 11.4. The number of hydrogen-bond acceptors (Lipinski definition) is 3. The smallest absolute Gasteiger partial charge is 0.302 e. The minimum absolute atomic E-state index is 0.0720. The Morgan fingerprint density at radius 1 is 1.25 bits per heavy atom. The summed E-state index contributed by atoms with van der Waals surface area (Å²) in [5.74, 6) is 2.61. The molecule has 0 radical (unpaired) electrons. The zero-order chi connectivity index (χ0) is 20.1. The van der Waals surface area contributed by atoms with E-state index in [4.69, 9.17) is 10.3 Å². The molecule has 4 rings (SSSR count). The summed E-state index contributed by atoms with van der Waals surface area (Å²) in [6, 6.07) is 0.0981. The zero-order valence-electron chi connectivity index (χ0n) is 17.9. The van der Waals surface area contributed by atoms with Gasteiger partial charge in [-0.2, -0.15) is 0 Å². The number of azide groups is 1. The molecule has 0 unspecified atom stereocenters. The van der Waals surface area contributed by atoms with Crippen molar-refractivity contribution in [1.29, 1.82) is 0 Å². The Kier molecular flexibility index (Phi) is 5.02. The molecular formula is C23H35N3O2. The molecule has 3 fully saturated rings. The quantitative estimate of drug-likeness (QED) is 0.191. The third kappa shape index (κ3) is 2.98. The monoisotopic (exact) mass is 385 g/mol. The van der Waals surface area contributed by atoms with E-state index in [0.717, 1.165) is 37.0 Å². The van der Waals surface area contributed by atoms with Crippen LogP contribution < -0.4 is 0 Å². The lowest BCUT2D eigenvalue weighted by molar-refractivity contribution is -0.148. The van der Waals surface area contributed by atoms with Crippen molar-refractivity contribution in [3.05, 3.63) is 22.1 Å². The molecule has 0 amide bonds. The fourth-order valence-electron chi connectivity index (χ4n) is 7.96. The van der Waals surface area contributed by atoms with Crippen LogP contribution in [0.15, 0.2) is 16.8 Å². The molecule has 4 aliphatic rings. The first kappa shape index (κ1) is 19.8. The van der Waals surface area contributed by atoms with Gasteiger partial charge in [0.25, 0.3) is 0 Å². The number of hydrogen-bond donors (Lipinski definition) is 0. The van der Waals surface area contributed by atoms with Gasteiger partial charge in [-0.25, -0.2) is 0 Å². The summed E-state index contributed by atoms with van der Waals surface area (Å²) in [6.45, 7) is 8.60. The molecule has 0 heterocycles. The summed E-state index contributed by atoms with van der Waals surface area (Å²) in [6.07, 6.45) is 11.8. The molecule has 0 saturated heterocycles. The van der Waals surface area contributed by atoms with Gasteiger partial charge in [-0.15, -0.1) is 0 Å². The number of carbonyl (C=O) groups excluding carboxylic acids is 1. The Morgan fingerprint density at radius 2 is 2.04 bits per heavy atom. The van der Waals surface area contributed by atoms with Crippen molar-refractivity contribution in [2.24, 2.45) is 39.6 Å². The molecule has 8 atom stereocenters. The molecule has 28 heavy (non-hydrogen) atoms. The second kappa shape index (κ2) is 7.09. The van der Waals surface area contributed by atoms with Gasteiger partial charge in [-0.1, -0.05) is 37.5 Å². The highest BCUT2D eigenvalue weighted by Gasteiger charge is 2.59. The van der Waals surface area contributed by atoms with E-state index in [1.807, 2.05) is 0 Å². The predicted octanol–water partition coefficient (Wildman–Crippen LogP) is 6.20. The molecule has 0 N–H and O–H groups in total. The first-order valence-electron chi connectivity index (χ1n) is 11.2. The van der Waals surface area contributed by atoms with Crippen LogP contribution >= 0.6 is 0 Å². The molecule has 154 valence electrons. The Bertz CT molecular complexity index is 727. The van der Waals surface area contributed by atoms with Crippen LogP contribution in [0.25, 0.3) is 10.4 Å². The minimum Gasteiger partial charge on any atom is -0.462 e. The second-order valence-electron chi connectivity index (χ2n) is 10.4. The minimum atomic E-state index is -0.150. The van der Waals surface area contributed by atoms with Crippen molar-refractivity contribution >= 4 is 5.97 Å². The fraction of sp³-hybridized carbons (Fsp3) is 0.870. The van der Waals surface area contributed by atoms with Gasteiger partial charge in [0.05, 0.1) is 0 Å². The molecule has 0 aliphatic heterocycles. The summed E-state index contributed by atoms with van der Waals surface area (Å²) in [7, 11) is 0. The van der Waals surface area contributed by atoms with Gasteiger partial charge in [0.2, 0.25) is 0 Å². The Morgan fingerprint density at radius 3 is 2.75 bits per heavy atom. The second-order valence-corrected chi connectivity index (χ2v) is 10.4. The fourth-order valence-corrected chi connectivity index (χ4v) is 7.96. The van der Waals surface area contributed by atoms with Crippen LogP contribution in [0.1, 0.15) is 79.1 Å². The van der Waals surface area contributed by atoms with Gasteiger partial charge in [-0.3, -0.25) is 4.79 Å². The summed E-state index contributed by atoms with van der Waals surface area (Å²) in [5, 5.41) is 4.09. The van der Waals surface area contributed by atoms with E-state index >= 15 is 0 Å². The molecule has 3 saturated carbocycles. The van der Waals surface area contributed by atoms with Crippen molar-refractivity contribution in [2.75, 3.05) is 0 Å². The van der Waals surface area contributed by atoms with Gasteiger partial charge in [-0.05, 0) is 85.0 Å². The third-order valence-corrected chi connectivity index (χ3v) is 9.28. The highest BCUT2D eigenvalue weighted by molar-refractivity contribution is 5.66. The number of carbonyl (C=O) groups is 1. The Hall–Kier alpha value is -1.48.